The molecule has 1 aliphatic carbocycles. The average molecular weight is 290 g/mol. The number of thiophene rings is 1. The summed E-state index contributed by atoms with van der Waals surface area (Å²) in [4.78, 5) is 2.74. The van der Waals surface area contributed by atoms with Crippen LogP contribution in [0.2, 0.25) is 0 Å². The molecule has 3 rings (SSSR count). The summed E-state index contributed by atoms with van der Waals surface area (Å²) in [5.74, 6) is 2.00. The molecule has 0 saturated carbocycles. The number of nitrogens with two attached hydrogens (primary N) is 1. The van der Waals surface area contributed by atoms with Gasteiger partial charge in [0.2, 0.25) is 0 Å². The Bertz CT molecular complexity index is 574. The molecule has 108 valence electrons. The lowest BCUT2D eigenvalue weighted by Crippen LogP contribution is -1.98. The van der Waals surface area contributed by atoms with Crippen molar-refractivity contribution in [2.24, 2.45) is 5.92 Å². The molecule has 0 fully saturated rings. The first kappa shape index (κ1) is 13.7. The summed E-state index contributed by atoms with van der Waals surface area (Å²) in [6, 6.07) is 2.30. The fourth-order valence-corrected chi connectivity index (χ4v) is 4.16. The van der Waals surface area contributed by atoms with Crippen molar-refractivity contribution in [3.8, 4) is 10.6 Å². The molecule has 0 saturated heterocycles. The molecule has 2 aromatic rings. The second-order valence-corrected chi connectivity index (χ2v) is 7.23. The SMILES string of the molecule is CC(C)Cc1c(N)noc1-c1cc2c(s1)CCCCC2. The van der Waals surface area contributed by atoms with Crippen LogP contribution < -0.4 is 5.73 Å². The molecule has 2 aromatic heterocycles. The van der Waals surface area contributed by atoms with Gasteiger partial charge < -0.3 is 10.3 Å². The van der Waals surface area contributed by atoms with Gasteiger partial charge in [-0.2, -0.15) is 0 Å². The predicted molar refractivity (Wildman–Crippen MR) is 84.0 cm³/mol. The van der Waals surface area contributed by atoms with E-state index in [0.717, 1.165) is 17.7 Å². The molecule has 2 N–H and O–H groups in total. The Labute approximate surface area is 124 Å². The van der Waals surface area contributed by atoms with Gasteiger partial charge in [0.15, 0.2) is 11.6 Å². The molecule has 0 amide bonds. The smallest absolute Gasteiger partial charge is 0.182 e. The van der Waals surface area contributed by atoms with Gasteiger partial charge >= 0.3 is 0 Å². The maximum Gasteiger partial charge on any atom is 0.182 e. The van der Waals surface area contributed by atoms with Crippen molar-refractivity contribution < 1.29 is 4.52 Å². The summed E-state index contributed by atoms with van der Waals surface area (Å²) in [5.41, 5.74) is 8.56. The maximum atomic E-state index is 5.97. The molecule has 2 heterocycles. The average Bonchev–Trinajstić information content (AvgIpc) is 2.88. The summed E-state index contributed by atoms with van der Waals surface area (Å²) in [7, 11) is 0. The number of rotatable bonds is 3. The van der Waals surface area contributed by atoms with Gasteiger partial charge in [-0.05, 0) is 49.7 Å². The van der Waals surface area contributed by atoms with Crippen molar-refractivity contribution in [1.82, 2.24) is 5.16 Å². The van der Waals surface area contributed by atoms with E-state index in [-0.39, 0.29) is 0 Å². The molecule has 0 aromatic carbocycles. The Morgan fingerprint density at radius 1 is 1.30 bits per heavy atom. The van der Waals surface area contributed by atoms with Crippen molar-refractivity contribution in [3.63, 3.8) is 0 Å². The number of fused-ring (bicyclic) bond motifs is 1. The van der Waals surface area contributed by atoms with E-state index in [9.17, 15) is 0 Å². The molecular weight excluding hydrogens is 268 g/mol. The normalized spacial score (nSPS) is 15.3. The molecule has 1 aliphatic rings. The summed E-state index contributed by atoms with van der Waals surface area (Å²) in [6.07, 6.45) is 7.31. The van der Waals surface area contributed by atoms with Crippen LogP contribution in [0.1, 0.15) is 49.1 Å². The molecule has 0 aliphatic heterocycles. The zero-order valence-electron chi connectivity index (χ0n) is 12.2. The van der Waals surface area contributed by atoms with Crippen LogP contribution in [0.4, 0.5) is 5.82 Å². The number of aromatic nitrogens is 1. The summed E-state index contributed by atoms with van der Waals surface area (Å²) in [5, 5.41) is 3.98. The molecule has 20 heavy (non-hydrogen) atoms. The van der Waals surface area contributed by atoms with Crippen LogP contribution in [0.25, 0.3) is 10.6 Å². The van der Waals surface area contributed by atoms with Crippen LogP contribution in [0, 0.1) is 5.92 Å². The molecule has 4 heteroatoms. The minimum absolute atomic E-state index is 0.549. The van der Waals surface area contributed by atoms with Crippen LogP contribution in [0.5, 0.6) is 0 Å². The number of hydrogen-bond donors (Lipinski definition) is 1. The molecule has 0 atom stereocenters. The Morgan fingerprint density at radius 2 is 2.10 bits per heavy atom. The Morgan fingerprint density at radius 3 is 2.90 bits per heavy atom. The highest BCUT2D eigenvalue weighted by molar-refractivity contribution is 7.15. The highest BCUT2D eigenvalue weighted by atomic mass is 32.1. The van der Waals surface area contributed by atoms with Gasteiger partial charge in [0.05, 0.1) is 4.88 Å². The molecule has 0 bridgehead atoms. The van der Waals surface area contributed by atoms with Crippen LogP contribution in [-0.4, -0.2) is 5.16 Å². The van der Waals surface area contributed by atoms with E-state index in [1.165, 1.54) is 47.4 Å². The highest BCUT2D eigenvalue weighted by Gasteiger charge is 2.21. The zero-order valence-corrected chi connectivity index (χ0v) is 13.1. The number of anilines is 1. The topological polar surface area (TPSA) is 52.0 Å². The van der Waals surface area contributed by atoms with E-state index in [1.807, 2.05) is 11.3 Å². The Kier molecular flexibility index (Phi) is 3.83. The summed E-state index contributed by atoms with van der Waals surface area (Å²) >= 11 is 1.87. The number of aryl methyl sites for hydroxylation is 2. The second-order valence-electron chi connectivity index (χ2n) is 6.09. The van der Waals surface area contributed by atoms with Gasteiger partial charge in [-0.25, -0.2) is 0 Å². The van der Waals surface area contributed by atoms with Gasteiger partial charge in [0.25, 0.3) is 0 Å². The van der Waals surface area contributed by atoms with Crippen molar-refractivity contribution in [1.29, 1.82) is 0 Å². The van der Waals surface area contributed by atoms with Gasteiger partial charge in [0.1, 0.15) is 0 Å². The first-order chi connectivity index (χ1) is 9.65. The van der Waals surface area contributed by atoms with Crippen molar-refractivity contribution in [3.05, 3.63) is 22.1 Å². The largest absolute Gasteiger partial charge is 0.381 e. The summed E-state index contributed by atoms with van der Waals surface area (Å²) in [6.45, 7) is 4.39. The van der Waals surface area contributed by atoms with Gasteiger partial charge in [-0.1, -0.05) is 25.4 Å². The number of hydrogen-bond acceptors (Lipinski definition) is 4. The predicted octanol–water partition coefficient (Wildman–Crippen LogP) is 4.45. The number of nitrogens with zero attached hydrogens (tertiary/aromatic N) is 1. The molecular formula is C16H22N2OS. The zero-order chi connectivity index (χ0) is 14.1. The molecule has 0 spiro atoms. The fourth-order valence-electron chi connectivity index (χ4n) is 2.90. The van der Waals surface area contributed by atoms with Crippen LogP contribution in [0.3, 0.4) is 0 Å². The minimum atomic E-state index is 0.549. The Balaban J connectivity index is 1.97. The second kappa shape index (κ2) is 5.60. The van der Waals surface area contributed by atoms with Gasteiger partial charge in [-0.3, -0.25) is 0 Å². The van der Waals surface area contributed by atoms with Crippen LogP contribution >= 0.6 is 11.3 Å². The van der Waals surface area contributed by atoms with Crippen LogP contribution in [0.15, 0.2) is 10.6 Å². The third-order valence-electron chi connectivity index (χ3n) is 3.90. The van der Waals surface area contributed by atoms with Crippen LogP contribution in [-0.2, 0) is 19.3 Å². The van der Waals surface area contributed by atoms with E-state index >= 15 is 0 Å². The lowest BCUT2D eigenvalue weighted by atomic mass is 10.0. The van der Waals surface area contributed by atoms with E-state index in [0.29, 0.717) is 11.7 Å². The minimum Gasteiger partial charge on any atom is -0.381 e. The lowest BCUT2D eigenvalue weighted by Gasteiger charge is -2.03. The van der Waals surface area contributed by atoms with Crippen molar-refractivity contribution in [2.75, 3.05) is 5.73 Å². The van der Waals surface area contributed by atoms with E-state index in [2.05, 4.69) is 25.1 Å². The molecule has 0 unspecified atom stereocenters. The lowest BCUT2D eigenvalue weighted by molar-refractivity contribution is 0.435. The first-order valence-corrected chi connectivity index (χ1v) is 8.32. The van der Waals surface area contributed by atoms with Crippen molar-refractivity contribution >= 4 is 17.2 Å². The van der Waals surface area contributed by atoms with Crippen molar-refractivity contribution in [2.45, 2.75) is 52.4 Å². The van der Waals surface area contributed by atoms with E-state index in [4.69, 9.17) is 10.3 Å². The van der Waals surface area contributed by atoms with Gasteiger partial charge in [-0.15, -0.1) is 11.3 Å². The standard InChI is InChI=1S/C16H22N2OS/c1-10(2)8-12-15(19-18-16(12)17)14-9-11-6-4-3-5-7-13(11)20-14/h9-10H,3-8H2,1-2H3,(H2,17,18). The van der Waals surface area contributed by atoms with E-state index in [1.54, 1.807) is 0 Å². The maximum absolute atomic E-state index is 5.97. The summed E-state index contributed by atoms with van der Waals surface area (Å²) < 4.78 is 5.53. The molecule has 0 radical (unpaired) electrons. The van der Waals surface area contributed by atoms with Gasteiger partial charge in [0, 0.05) is 10.4 Å². The third kappa shape index (κ3) is 2.62. The highest BCUT2D eigenvalue weighted by Crippen LogP contribution is 2.38. The quantitative estimate of drug-likeness (QED) is 0.849. The molecule has 3 nitrogen and oxygen atoms in total. The third-order valence-corrected chi connectivity index (χ3v) is 5.14. The fraction of sp³-hybridized carbons (Fsp3) is 0.562. The van der Waals surface area contributed by atoms with E-state index < -0.39 is 0 Å². The first-order valence-electron chi connectivity index (χ1n) is 7.51. The Hall–Kier alpha value is -1.29. The number of nitrogen functional groups attached to an aromatic ring is 1. The monoisotopic (exact) mass is 290 g/mol.